The molecule has 0 saturated carbocycles. The number of hydrogen-bond donors (Lipinski definition) is 1. The molecule has 1 amide bonds. The van der Waals surface area contributed by atoms with Crippen molar-refractivity contribution in [3.05, 3.63) is 69.2 Å². The number of thioether (sulfide) groups is 1. The number of carbonyl (C=O) groups excluding carboxylic acids is 1. The maximum Gasteiger partial charge on any atom is 0.269 e. The highest BCUT2D eigenvalue weighted by Gasteiger charge is 2.13. The molecule has 1 aromatic heterocycles. The fourth-order valence-electron chi connectivity index (χ4n) is 2.34. The van der Waals surface area contributed by atoms with E-state index in [2.05, 4.69) is 20.7 Å². The summed E-state index contributed by atoms with van der Waals surface area (Å²) in [5, 5.41) is 23.9. The Kier molecular flexibility index (Phi) is 6.57. The summed E-state index contributed by atoms with van der Waals surface area (Å²) >= 11 is 7.23. The molecule has 0 aliphatic heterocycles. The summed E-state index contributed by atoms with van der Waals surface area (Å²) in [5.41, 5.74) is 3.85. The van der Waals surface area contributed by atoms with Crippen molar-refractivity contribution in [1.82, 2.24) is 20.2 Å². The molecule has 1 N–H and O–H groups in total. The molecule has 3 rings (SSSR count). The standard InChI is InChI=1S/C18H15ClN6O3S/c1-24-17(13-3-2-4-14(19)9-13)22-23-18(24)29-11-16(26)21-20-10-12-5-7-15(8-6-12)25(27)28/h2-10H,11H2,1H3,(H,21,26). The summed E-state index contributed by atoms with van der Waals surface area (Å²) in [6, 6.07) is 13.1. The first-order chi connectivity index (χ1) is 13.9. The molecular weight excluding hydrogens is 416 g/mol. The normalized spacial score (nSPS) is 11.0. The van der Waals surface area contributed by atoms with E-state index < -0.39 is 4.92 Å². The number of nitrogens with zero attached hydrogens (tertiary/aromatic N) is 5. The fourth-order valence-corrected chi connectivity index (χ4v) is 3.24. The van der Waals surface area contributed by atoms with Gasteiger partial charge in [-0.1, -0.05) is 35.5 Å². The Morgan fingerprint density at radius 2 is 2.07 bits per heavy atom. The second kappa shape index (κ2) is 9.30. The quantitative estimate of drug-likeness (QED) is 0.266. The Hall–Kier alpha value is -3.24. The van der Waals surface area contributed by atoms with Gasteiger partial charge in [0.25, 0.3) is 11.6 Å². The molecule has 0 unspecified atom stereocenters. The van der Waals surface area contributed by atoms with Crippen molar-refractivity contribution in [3.8, 4) is 11.4 Å². The number of benzene rings is 2. The first kappa shape index (κ1) is 20.5. The summed E-state index contributed by atoms with van der Waals surface area (Å²) in [5.74, 6) is 0.422. The third kappa shape index (κ3) is 5.39. The van der Waals surface area contributed by atoms with Gasteiger partial charge in [-0.3, -0.25) is 14.9 Å². The van der Waals surface area contributed by atoms with E-state index in [-0.39, 0.29) is 17.3 Å². The Balaban J connectivity index is 1.54. The molecule has 3 aromatic rings. The van der Waals surface area contributed by atoms with Gasteiger partial charge in [-0.05, 0) is 29.8 Å². The van der Waals surface area contributed by atoms with Gasteiger partial charge in [0.05, 0.1) is 16.9 Å². The number of hydrazone groups is 1. The number of nitrogens with one attached hydrogen (secondary N) is 1. The number of rotatable bonds is 7. The van der Waals surface area contributed by atoms with Crippen LogP contribution in [0.2, 0.25) is 5.02 Å². The van der Waals surface area contributed by atoms with Crippen molar-refractivity contribution < 1.29 is 9.72 Å². The van der Waals surface area contributed by atoms with Gasteiger partial charge in [0.2, 0.25) is 0 Å². The van der Waals surface area contributed by atoms with Crippen LogP contribution in [0.1, 0.15) is 5.56 Å². The van der Waals surface area contributed by atoms with Gasteiger partial charge in [-0.15, -0.1) is 10.2 Å². The Morgan fingerprint density at radius 3 is 2.76 bits per heavy atom. The number of amides is 1. The van der Waals surface area contributed by atoms with Crippen LogP contribution in [-0.2, 0) is 11.8 Å². The first-order valence-corrected chi connectivity index (χ1v) is 9.65. The average molecular weight is 431 g/mol. The first-order valence-electron chi connectivity index (χ1n) is 8.28. The fraction of sp³-hybridized carbons (Fsp3) is 0.111. The minimum atomic E-state index is -0.482. The number of aromatic nitrogens is 3. The topological polar surface area (TPSA) is 115 Å². The Bertz CT molecular complexity index is 1070. The van der Waals surface area contributed by atoms with E-state index in [1.54, 1.807) is 28.8 Å². The van der Waals surface area contributed by atoms with Gasteiger partial charge < -0.3 is 4.57 Å². The molecule has 0 saturated heterocycles. The largest absolute Gasteiger partial charge is 0.305 e. The van der Waals surface area contributed by atoms with E-state index in [9.17, 15) is 14.9 Å². The maximum atomic E-state index is 12.0. The van der Waals surface area contributed by atoms with Crippen LogP contribution >= 0.6 is 23.4 Å². The SMILES string of the molecule is Cn1c(SCC(=O)NN=Cc2ccc([N+](=O)[O-])cc2)nnc1-c1cccc(Cl)c1. The Labute approximate surface area is 174 Å². The van der Waals surface area contributed by atoms with Crippen LogP contribution < -0.4 is 5.43 Å². The number of non-ortho nitro benzene ring substituents is 1. The van der Waals surface area contributed by atoms with Gasteiger partial charge in [0.15, 0.2) is 11.0 Å². The molecular formula is C18H15ClN6O3S. The van der Waals surface area contributed by atoms with Gasteiger partial charge in [-0.25, -0.2) is 5.43 Å². The number of nitro benzene ring substituents is 1. The predicted octanol–water partition coefficient (Wildman–Crippen LogP) is 3.29. The van der Waals surface area contributed by atoms with Crippen molar-refractivity contribution >= 4 is 41.2 Å². The van der Waals surface area contributed by atoms with Crippen molar-refractivity contribution in [2.45, 2.75) is 5.16 Å². The lowest BCUT2D eigenvalue weighted by Gasteiger charge is -2.04. The Morgan fingerprint density at radius 1 is 1.31 bits per heavy atom. The van der Waals surface area contributed by atoms with Gasteiger partial charge in [-0.2, -0.15) is 5.10 Å². The zero-order valence-electron chi connectivity index (χ0n) is 15.2. The molecule has 2 aromatic carbocycles. The third-order valence-electron chi connectivity index (χ3n) is 3.76. The molecule has 1 heterocycles. The second-order valence-corrected chi connectivity index (χ2v) is 7.18. The maximum absolute atomic E-state index is 12.0. The molecule has 0 bridgehead atoms. The van der Waals surface area contributed by atoms with Crippen LogP contribution in [0.25, 0.3) is 11.4 Å². The molecule has 0 radical (unpaired) electrons. The number of carbonyl (C=O) groups is 1. The van der Waals surface area contributed by atoms with Crippen LogP contribution in [0.4, 0.5) is 5.69 Å². The van der Waals surface area contributed by atoms with Crippen LogP contribution in [0.5, 0.6) is 0 Å². The van der Waals surface area contributed by atoms with Crippen molar-refractivity contribution in [3.63, 3.8) is 0 Å². The molecule has 11 heteroatoms. The monoisotopic (exact) mass is 430 g/mol. The molecule has 0 aliphatic carbocycles. The van der Waals surface area contributed by atoms with E-state index >= 15 is 0 Å². The van der Waals surface area contributed by atoms with Crippen LogP contribution in [0.15, 0.2) is 58.8 Å². The van der Waals surface area contributed by atoms with Crippen LogP contribution in [0.3, 0.4) is 0 Å². The lowest BCUT2D eigenvalue weighted by Crippen LogP contribution is -2.19. The van der Waals surface area contributed by atoms with Gasteiger partial charge in [0.1, 0.15) is 0 Å². The number of halogens is 1. The lowest BCUT2D eigenvalue weighted by molar-refractivity contribution is -0.384. The van der Waals surface area contributed by atoms with Crippen LogP contribution in [-0.4, -0.2) is 37.6 Å². The highest BCUT2D eigenvalue weighted by Crippen LogP contribution is 2.24. The number of nitro groups is 1. The number of hydrogen-bond acceptors (Lipinski definition) is 7. The van der Waals surface area contributed by atoms with E-state index in [0.29, 0.717) is 21.6 Å². The zero-order chi connectivity index (χ0) is 20.8. The summed E-state index contributed by atoms with van der Waals surface area (Å²) in [7, 11) is 1.81. The molecule has 29 heavy (non-hydrogen) atoms. The van der Waals surface area contributed by atoms with Gasteiger partial charge >= 0.3 is 0 Å². The lowest BCUT2D eigenvalue weighted by atomic mass is 10.2. The predicted molar refractivity (Wildman–Crippen MR) is 111 cm³/mol. The molecule has 0 atom stereocenters. The minimum absolute atomic E-state index is 0.0107. The van der Waals surface area contributed by atoms with Crippen molar-refractivity contribution in [2.75, 3.05) is 5.75 Å². The highest BCUT2D eigenvalue weighted by molar-refractivity contribution is 7.99. The summed E-state index contributed by atoms with van der Waals surface area (Å²) < 4.78 is 1.78. The summed E-state index contributed by atoms with van der Waals surface area (Å²) in [6.07, 6.45) is 1.41. The van der Waals surface area contributed by atoms with Gasteiger partial charge in [0, 0.05) is 29.8 Å². The summed E-state index contributed by atoms with van der Waals surface area (Å²) in [4.78, 5) is 22.1. The minimum Gasteiger partial charge on any atom is -0.305 e. The highest BCUT2D eigenvalue weighted by atomic mass is 35.5. The molecule has 9 nitrogen and oxygen atoms in total. The van der Waals surface area contributed by atoms with Crippen molar-refractivity contribution in [2.24, 2.45) is 12.1 Å². The van der Waals surface area contributed by atoms with E-state index in [1.807, 2.05) is 19.2 Å². The van der Waals surface area contributed by atoms with Crippen LogP contribution in [0, 0.1) is 10.1 Å². The molecule has 0 fully saturated rings. The van der Waals surface area contributed by atoms with Crippen molar-refractivity contribution in [1.29, 1.82) is 0 Å². The van der Waals surface area contributed by atoms with E-state index in [0.717, 1.165) is 5.56 Å². The van der Waals surface area contributed by atoms with E-state index in [1.165, 1.54) is 30.1 Å². The summed E-state index contributed by atoms with van der Waals surface area (Å²) in [6.45, 7) is 0. The second-order valence-electron chi connectivity index (χ2n) is 5.81. The molecule has 0 aliphatic rings. The zero-order valence-corrected chi connectivity index (χ0v) is 16.7. The average Bonchev–Trinajstić information content (AvgIpc) is 3.07. The molecule has 148 valence electrons. The molecule has 0 spiro atoms. The smallest absolute Gasteiger partial charge is 0.269 e. The third-order valence-corrected chi connectivity index (χ3v) is 5.01. The van der Waals surface area contributed by atoms with E-state index in [4.69, 9.17) is 11.6 Å².